The van der Waals surface area contributed by atoms with E-state index in [2.05, 4.69) is 25.2 Å². The lowest BCUT2D eigenvalue weighted by Gasteiger charge is -2.58. The standard InChI is InChI=1S/C53H60ClF3N2O6/c1-32-5-4-19-50(2)44(18-20-52(50,63)31-59(49(62)58-38-9-12-40(64-3)13-10-38)30-51-27-34-21-35(28-51)23-36(22-34)29-51)41-14-7-33(24-39(60)11-6-32)25-42(41)48(61)47-17-16-46(65-47)43-26-37(53(55,56)57)8-15-45(43)54/h5,7-10,12-17,25-26,34-36,39,44,60,63H,4,6,11,18-24,27-31H2,1-3H3,(H,58,62). The number of nitrogens with zero attached hydrogens (tertiary/aromatic N) is 1. The second kappa shape index (κ2) is 17.6. The Bertz CT molecular complexity index is 2430. The molecule has 0 aliphatic heterocycles. The van der Waals surface area contributed by atoms with Gasteiger partial charge in [0.15, 0.2) is 5.76 Å². The average molecular weight is 914 g/mol. The van der Waals surface area contributed by atoms with Crippen LogP contribution >= 0.6 is 11.6 Å². The molecule has 4 atom stereocenters. The van der Waals surface area contributed by atoms with Crippen LogP contribution in [0.15, 0.2) is 88.9 Å². The maximum absolute atomic E-state index is 14.9. The molecule has 7 aliphatic carbocycles. The predicted octanol–water partition coefficient (Wildman–Crippen LogP) is 12.6. The van der Waals surface area contributed by atoms with E-state index in [0.29, 0.717) is 86.2 Å². The summed E-state index contributed by atoms with van der Waals surface area (Å²) in [6.07, 6.45) is 7.67. The van der Waals surface area contributed by atoms with Crippen molar-refractivity contribution in [3.05, 3.63) is 117 Å². The number of carbonyl (C=O) groups excluding carboxylic acids is 2. The highest BCUT2D eigenvalue weighted by Crippen LogP contribution is 2.62. The topological polar surface area (TPSA) is 112 Å². The van der Waals surface area contributed by atoms with E-state index < -0.39 is 34.6 Å². The number of methoxy groups -OCH3 is 1. The maximum atomic E-state index is 14.9. The van der Waals surface area contributed by atoms with Crippen molar-refractivity contribution >= 4 is 29.1 Å². The Morgan fingerprint density at radius 1 is 0.923 bits per heavy atom. The minimum absolute atomic E-state index is 0.00938. The summed E-state index contributed by atoms with van der Waals surface area (Å²) in [5.41, 5.74) is 0.531. The maximum Gasteiger partial charge on any atom is 0.416 e. The van der Waals surface area contributed by atoms with Crippen molar-refractivity contribution in [3.8, 4) is 17.1 Å². The number of carbonyl (C=O) groups is 2. The molecular formula is C53H60ClF3N2O6. The van der Waals surface area contributed by atoms with Crippen LogP contribution < -0.4 is 10.1 Å². The van der Waals surface area contributed by atoms with Gasteiger partial charge in [-0.25, -0.2) is 4.79 Å². The SMILES string of the molecule is COc1ccc(NC(=O)N(CC23CC4CC(CC(C4)C2)C3)CC2(O)CCC3c4ccc(cc4C(=O)c4ccc(-c5cc(C(F)(F)F)ccc5Cl)o4)CC(O)CCC(C)=CCCC32C)cc1. The molecule has 2 amide bonds. The Hall–Kier alpha value is -4.58. The van der Waals surface area contributed by atoms with Crippen molar-refractivity contribution in [2.75, 3.05) is 25.5 Å². The number of allylic oxidation sites excluding steroid dienone is 2. The molecule has 0 spiro atoms. The fourth-order valence-corrected chi connectivity index (χ4v) is 13.3. The van der Waals surface area contributed by atoms with Gasteiger partial charge in [0.05, 0.1) is 35.9 Å². The van der Waals surface area contributed by atoms with E-state index in [9.17, 15) is 33.0 Å². The lowest BCUT2D eigenvalue weighted by molar-refractivity contribution is -0.137. The van der Waals surface area contributed by atoms with Crippen LogP contribution in [0.3, 0.4) is 0 Å². The number of alkyl halides is 3. The van der Waals surface area contributed by atoms with Gasteiger partial charge in [0.25, 0.3) is 0 Å². The van der Waals surface area contributed by atoms with Crippen LogP contribution in [0.1, 0.15) is 130 Å². The van der Waals surface area contributed by atoms with E-state index in [1.807, 2.05) is 41.3 Å². The van der Waals surface area contributed by atoms with Gasteiger partial charge < -0.3 is 29.6 Å². The number of fused-ring (bicyclic) bond motifs is 8. The van der Waals surface area contributed by atoms with Crippen LogP contribution in [0.25, 0.3) is 11.3 Å². The summed E-state index contributed by atoms with van der Waals surface area (Å²) >= 11 is 6.39. The first kappa shape index (κ1) is 45.6. The molecule has 6 bridgehead atoms. The van der Waals surface area contributed by atoms with Crippen molar-refractivity contribution in [2.24, 2.45) is 28.6 Å². The number of rotatable bonds is 9. The summed E-state index contributed by atoms with van der Waals surface area (Å²) in [4.78, 5) is 31.5. The molecule has 5 saturated carbocycles. The van der Waals surface area contributed by atoms with Crippen LogP contribution in [-0.4, -0.2) is 58.8 Å². The summed E-state index contributed by atoms with van der Waals surface area (Å²) in [5.74, 6) is 1.85. The quantitative estimate of drug-likeness (QED) is 0.114. The molecule has 3 aromatic carbocycles. The molecule has 8 nitrogen and oxygen atoms in total. The molecule has 4 aromatic rings. The molecule has 0 saturated heterocycles. The first-order valence-corrected chi connectivity index (χ1v) is 23.7. The van der Waals surface area contributed by atoms with Crippen molar-refractivity contribution in [2.45, 2.75) is 121 Å². The fraction of sp³-hybridized carbons (Fsp3) is 0.509. The zero-order valence-electron chi connectivity index (χ0n) is 37.5. The lowest BCUT2D eigenvalue weighted by atomic mass is 9.49. The zero-order valence-corrected chi connectivity index (χ0v) is 38.2. The number of halogens is 4. The molecule has 12 heteroatoms. The predicted molar refractivity (Wildman–Crippen MR) is 245 cm³/mol. The number of aliphatic hydroxyl groups excluding tert-OH is 1. The first-order chi connectivity index (χ1) is 30.9. The van der Waals surface area contributed by atoms with Gasteiger partial charge in [-0.05, 0) is 191 Å². The minimum atomic E-state index is -4.61. The van der Waals surface area contributed by atoms with Crippen LogP contribution in [0.4, 0.5) is 23.7 Å². The third kappa shape index (κ3) is 9.14. The van der Waals surface area contributed by atoms with Crippen LogP contribution in [0, 0.1) is 28.6 Å². The second-order valence-electron chi connectivity index (χ2n) is 20.6. The van der Waals surface area contributed by atoms with E-state index in [-0.39, 0.29) is 46.0 Å². The molecule has 0 radical (unpaired) electrons. The molecule has 65 heavy (non-hydrogen) atoms. The Morgan fingerprint density at radius 2 is 1.63 bits per heavy atom. The average Bonchev–Trinajstić information content (AvgIpc) is 3.84. The number of hydrogen-bond acceptors (Lipinski definition) is 6. The summed E-state index contributed by atoms with van der Waals surface area (Å²) < 4.78 is 52.6. The Labute approximate surface area is 384 Å². The van der Waals surface area contributed by atoms with Gasteiger partial charge >= 0.3 is 12.2 Å². The highest BCUT2D eigenvalue weighted by atomic mass is 35.5. The number of ether oxygens (including phenoxy) is 1. The monoisotopic (exact) mass is 912 g/mol. The van der Waals surface area contributed by atoms with Gasteiger partial charge in [0.1, 0.15) is 11.5 Å². The normalized spacial score (nSPS) is 29.8. The van der Waals surface area contributed by atoms with Crippen LogP contribution in [0.5, 0.6) is 5.75 Å². The van der Waals surface area contributed by atoms with Crippen molar-refractivity contribution in [1.82, 2.24) is 4.90 Å². The van der Waals surface area contributed by atoms with Gasteiger partial charge in [-0.2, -0.15) is 13.2 Å². The first-order valence-electron chi connectivity index (χ1n) is 23.3. The second-order valence-corrected chi connectivity index (χ2v) is 21.0. The molecule has 1 heterocycles. The zero-order chi connectivity index (χ0) is 45.9. The van der Waals surface area contributed by atoms with Crippen molar-refractivity contribution < 1.29 is 42.1 Å². The van der Waals surface area contributed by atoms with E-state index in [0.717, 1.165) is 54.2 Å². The third-order valence-electron chi connectivity index (χ3n) is 16.1. The van der Waals surface area contributed by atoms with Gasteiger partial charge in [-0.3, -0.25) is 4.79 Å². The van der Waals surface area contributed by atoms with Gasteiger partial charge in [-0.1, -0.05) is 42.3 Å². The number of nitrogens with one attached hydrogen (secondary N) is 1. The number of aliphatic hydroxyl groups is 2. The molecular weight excluding hydrogens is 853 g/mol. The summed E-state index contributed by atoms with van der Waals surface area (Å²) in [5, 5.41) is 27.8. The largest absolute Gasteiger partial charge is 0.497 e. The van der Waals surface area contributed by atoms with Crippen molar-refractivity contribution in [3.63, 3.8) is 0 Å². The Kier molecular flexibility index (Phi) is 12.3. The highest BCUT2D eigenvalue weighted by Gasteiger charge is 2.59. The molecule has 1 aromatic heterocycles. The number of hydrogen-bond donors (Lipinski definition) is 3. The molecule has 11 rings (SSSR count). The van der Waals surface area contributed by atoms with E-state index in [1.54, 1.807) is 13.2 Å². The molecule has 7 aliphatic rings. The molecule has 4 unspecified atom stereocenters. The van der Waals surface area contributed by atoms with Gasteiger partial charge in [0, 0.05) is 28.8 Å². The Morgan fingerprint density at radius 3 is 2.31 bits per heavy atom. The lowest BCUT2D eigenvalue weighted by Crippen LogP contribution is -2.58. The third-order valence-corrected chi connectivity index (χ3v) is 16.4. The van der Waals surface area contributed by atoms with E-state index >= 15 is 0 Å². The number of urea groups is 1. The molecule has 346 valence electrons. The van der Waals surface area contributed by atoms with E-state index in [1.165, 1.54) is 31.4 Å². The smallest absolute Gasteiger partial charge is 0.416 e. The Balaban J connectivity index is 1.09. The number of benzene rings is 3. The van der Waals surface area contributed by atoms with Crippen LogP contribution in [-0.2, 0) is 12.6 Å². The number of furan rings is 1. The number of anilines is 1. The van der Waals surface area contributed by atoms with Gasteiger partial charge in [0.2, 0.25) is 5.78 Å². The molecule has 5 fully saturated rings. The summed E-state index contributed by atoms with van der Waals surface area (Å²) in [7, 11) is 1.60. The minimum Gasteiger partial charge on any atom is -0.497 e. The van der Waals surface area contributed by atoms with E-state index in [4.69, 9.17) is 20.8 Å². The fourth-order valence-electron chi connectivity index (χ4n) is 13.1. The van der Waals surface area contributed by atoms with Crippen LogP contribution in [0.2, 0.25) is 5.02 Å². The summed E-state index contributed by atoms with van der Waals surface area (Å²) in [6, 6.07) is 18.6. The highest BCUT2D eigenvalue weighted by molar-refractivity contribution is 6.33. The number of amides is 2. The number of ketones is 1. The van der Waals surface area contributed by atoms with Gasteiger partial charge in [-0.15, -0.1) is 0 Å². The molecule has 3 N–H and O–H groups in total. The van der Waals surface area contributed by atoms with Crippen molar-refractivity contribution in [1.29, 1.82) is 0 Å². The summed E-state index contributed by atoms with van der Waals surface area (Å²) in [6.45, 7) is 4.85.